The third kappa shape index (κ3) is 3.34. The Labute approximate surface area is 140 Å². The van der Waals surface area contributed by atoms with Crippen molar-refractivity contribution in [3.8, 4) is 5.69 Å². The summed E-state index contributed by atoms with van der Waals surface area (Å²) >= 11 is 0. The molecule has 24 heavy (non-hydrogen) atoms. The molecule has 0 saturated heterocycles. The van der Waals surface area contributed by atoms with E-state index in [2.05, 4.69) is 34.5 Å². The minimum atomic E-state index is -0.125. The van der Waals surface area contributed by atoms with Crippen LogP contribution in [0.25, 0.3) is 5.69 Å². The molecule has 1 aromatic carbocycles. The van der Waals surface area contributed by atoms with E-state index in [1.165, 1.54) is 0 Å². The number of nitrogens with zero attached hydrogens (tertiary/aromatic N) is 5. The Morgan fingerprint density at radius 2 is 2.08 bits per heavy atom. The SMILES string of the molecule is CC(C)c1nncn1CCNC(=O)c1ccccc1-n1cccn1. The Morgan fingerprint density at radius 1 is 1.25 bits per heavy atom. The summed E-state index contributed by atoms with van der Waals surface area (Å²) in [6, 6.07) is 9.23. The van der Waals surface area contributed by atoms with Gasteiger partial charge in [0, 0.05) is 31.4 Å². The lowest BCUT2D eigenvalue weighted by atomic mass is 10.1. The topological polar surface area (TPSA) is 77.6 Å². The molecule has 7 nitrogen and oxygen atoms in total. The van der Waals surface area contributed by atoms with Crippen molar-refractivity contribution in [3.05, 3.63) is 60.4 Å². The monoisotopic (exact) mass is 324 g/mol. The molecular formula is C17H20N6O. The number of nitrogens with one attached hydrogen (secondary N) is 1. The Morgan fingerprint density at radius 3 is 2.83 bits per heavy atom. The normalized spacial score (nSPS) is 11.0. The fourth-order valence-corrected chi connectivity index (χ4v) is 2.55. The Kier molecular flexibility index (Phi) is 4.69. The maximum absolute atomic E-state index is 12.5. The fraction of sp³-hybridized carbons (Fsp3) is 0.294. The van der Waals surface area contributed by atoms with Gasteiger partial charge in [0.2, 0.25) is 0 Å². The van der Waals surface area contributed by atoms with Crippen LogP contribution in [0.4, 0.5) is 0 Å². The van der Waals surface area contributed by atoms with E-state index in [4.69, 9.17) is 0 Å². The standard InChI is InChI=1S/C17H20N6O/c1-13(2)16-21-19-12-22(16)11-9-18-17(24)14-6-3-4-7-15(14)23-10-5-8-20-23/h3-8,10,12-13H,9,11H2,1-2H3,(H,18,24). The molecule has 0 saturated carbocycles. The van der Waals surface area contributed by atoms with Gasteiger partial charge in [0.25, 0.3) is 5.91 Å². The molecule has 7 heteroatoms. The van der Waals surface area contributed by atoms with Gasteiger partial charge >= 0.3 is 0 Å². The van der Waals surface area contributed by atoms with Gasteiger partial charge in [-0.25, -0.2) is 4.68 Å². The lowest BCUT2D eigenvalue weighted by Gasteiger charge is -2.12. The molecule has 0 fully saturated rings. The molecule has 2 heterocycles. The van der Waals surface area contributed by atoms with E-state index in [1.54, 1.807) is 23.3 Å². The molecule has 0 spiro atoms. The summed E-state index contributed by atoms with van der Waals surface area (Å²) < 4.78 is 3.65. The fourth-order valence-electron chi connectivity index (χ4n) is 2.55. The molecule has 0 radical (unpaired) electrons. The number of carbonyl (C=O) groups excluding carboxylic acids is 1. The third-order valence-corrected chi connectivity index (χ3v) is 3.70. The van der Waals surface area contributed by atoms with Crippen LogP contribution in [0, 0.1) is 0 Å². The number of amides is 1. The smallest absolute Gasteiger partial charge is 0.253 e. The highest BCUT2D eigenvalue weighted by molar-refractivity contribution is 5.97. The number of carbonyl (C=O) groups is 1. The van der Waals surface area contributed by atoms with Crippen LogP contribution >= 0.6 is 0 Å². The van der Waals surface area contributed by atoms with Gasteiger partial charge in [0.15, 0.2) is 0 Å². The first-order valence-corrected chi connectivity index (χ1v) is 7.91. The van der Waals surface area contributed by atoms with Crippen LogP contribution < -0.4 is 5.32 Å². The van der Waals surface area contributed by atoms with E-state index in [0.29, 0.717) is 24.6 Å². The first-order valence-electron chi connectivity index (χ1n) is 7.91. The van der Waals surface area contributed by atoms with Crippen molar-refractivity contribution in [2.75, 3.05) is 6.54 Å². The van der Waals surface area contributed by atoms with E-state index < -0.39 is 0 Å². The van der Waals surface area contributed by atoms with Crippen molar-refractivity contribution < 1.29 is 4.79 Å². The highest BCUT2D eigenvalue weighted by atomic mass is 16.1. The van der Waals surface area contributed by atoms with E-state index >= 15 is 0 Å². The van der Waals surface area contributed by atoms with Gasteiger partial charge in [0.1, 0.15) is 12.2 Å². The summed E-state index contributed by atoms with van der Waals surface area (Å²) in [5.74, 6) is 1.09. The molecule has 3 rings (SSSR count). The van der Waals surface area contributed by atoms with Gasteiger partial charge in [0.05, 0.1) is 11.3 Å². The second-order valence-corrected chi connectivity index (χ2v) is 5.76. The molecule has 2 aromatic heterocycles. The zero-order chi connectivity index (χ0) is 16.9. The van der Waals surface area contributed by atoms with Crippen molar-refractivity contribution in [2.24, 2.45) is 0 Å². The number of rotatable bonds is 6. The highest BCUT2D eigenvalue weighted by Crippen LogP contribution is 2.13. The maximum atomic E-state index is 12.5. The van der Waals surface area contributed by atoms with Gasteiger partial charge < -0.3 is 9.88 Å². The minimum absolute atomic E-state index is 0.125. The molecule has 0 aliphatic carbocycles. The van der Waals surface area contributed by atoms with Crippen molar-refractivity contribution >= 4 is 5.91 Å². The van der Waals surface area contributed by atoms with Crippen LogP contribution in [-0.2, 0) is 6.54 Å². The highest BCUT2D eigenvalue weighted by Gasteiger charge is 2.13. The van der Waals surface area contributed by atoms with Crippen molar-refractivity contribution in [2.45, 2.75) is 26.3 Å². The lowest BCUT2D eigenvalue weighted by Crippen LogP contribution is -2.28. The summed E-state index contributed by atoms with van der Waals surface area (Å²) in [7, 11) is 0. The molecule has 3 aromatic rings. The van der Waals surface area contributed by atoms with Crippen molar-refractivity contribution in [3.63, 3.8) is 0 Å². The summed E-state index contributed by atoms with van der Waals surface area (Å²) in [6.07, 6.45) is 5.20. The van der Waals surface area contributed by atoms with Crippen LogP contribution in [0.1, 0.15) is 35.9 Å². The summed E-state index contributed by atoms with van der Waals surface area (Å²) in [6.45, 7) is 5.28. The van der Waals surface area contributed by atoms with Crippen molar-refractivity contribution in [1.82, 2.24) is 29.9 Å². The van der Waals surface area contributed by atoms with E-state index in [0.717, 1.165) is 11.5 Å². The molecular weight excluding hydrogens is 304 g/mol. The second-order valence-electron chi connectivity index (χ2n) is 5.76. The second kappa shape index (κ2) is 7.08. The molecule has 1 N–H and O–H groups in total. The third-order valence-electron chi connectivity index (χ3n) is 3.70. The number of benzene rings is 1. The quantitative estimate of drug-likeness (QED) is 0.752. The average molecular weight is 324 g/mol. The van der Waals surface area contributed by atoms with Crippen LogP contribution in [0.2, 0.25) is 0 Å². The van der Waals surface area contributed by atoms with Gasteiger partial charge in [-0.1, -0.05) is 26.0 Å². The summed E-state index contributed by atoms with van der Waals surface area (Å²) in [5, 5.41) is 15.2. The van der Waals surface area contributed by atoms with Crippen molar-refractivity contribution in [1.29, 1.82) is 0 Å². The largest absolute Gasteiger partial charge is 0.350 e. The van der Waals surface area contributed by atoms with Crippen LogP contribution in [0.3, 0.4) is 0 Å². The van der Waals surface area contributed by atoms with Gasteiger partial charge in [-0.05, 0) is 18.2 Å². The first kappa shape index (κ1) is 15.9. The number of para-hydroxylation sites is 1. The van der Waals surface area contributed by atoms with E-state index in [1.807, 2.05) is 35.0 Å². The molecule has 0 aliphatic heterocycles. The molecule has 0 bridgehead atoms. The molecule has 0 unspecified atom stereocenters. The minimum Gasteiger partial charge on any atom is -0.350 e. The molecule has 124 valence electrons. The summed E-state index contributed by atoms with van der Waals surface area (Å²) in [4.78, 5) is 12.5. The van der Waals surface area contributed by atoms with Crippen LogP contribution in [-0.4, -0.2) is 37.0 Å². The van der Waals surface area contributed by atoms with E-state index in [-0.39, 0.29) is 5.91 Å². The predicted molar refractivity (Wildman–Crippen MR) is 90.0 cm³/mol. The number of aromatic nitrogens is 5. The molecule has 0 aliphatic rings. The summed E-state index contributed by atoms with van der Waals surface area (Å²) in [5.41, 5.74) is 1.35. The van der Waals surface area contributed by atoms with Crippen LogP contribution in [0.15, 0.2) is 49.1 Å². The maximum Gasteiger partial charge on any atom is 0.253 e. The lowest BCUT2D eigenvalue weighted by molar-refractivity contribution is 0.0952. The Bertz CT molecular complexity index is 806. The molecule has 1 amide bonds. The van der Waals surface area contributed by atoms with Gasteiger partial charge in [-0.2, -0.15) is 5.10 Å². The average Bonchev–Trinajstić information content (AvgIpc) is 3.26. The zero-order valence-corrected chi connectivity index (χ0v) is 13.8. The Balaban J connectivity index is 1.67. The molecule has 0 atom stereocenters. The van der Waals surface area contributed by atoms with E-state index in [9.17, 15) is 4.79 Å². The Hall–Kier alpha value is -2.96. The first-order chi connectivity index (χ1) is 11.7. The number of hydrogen-bond donors (Lipinski definition) is 1. The van der Waals surface area contributed by atoms with Crippen LogP contribution in [0.5, 0.6) is 0 Å². The predicted octanol–water partition coefficient (Wildman–Crippen LogP) is 2.02. The zero-order valence-electron chi connectivity index (χ0n) is 13.8. The van der Waals surface area contributed by atoms with Gasteiger partial charge in [-0.15, -0.1) is 10.2 Å². The number of hydrogen-bond acceptors (Lipinski definition) is 4. The van der Waals surface area contributed by atoms with Gasteiger partial charge in [-0.3, -0.25) is 4.79 Å².